The molecule has 0 atom stereocenters. The van der Waals surface area contributed by atoms with Gasteiger partial charge in [0, 0.05) is 50.4 Å². The van der Waals surface area contributed by atoms with Crippen molar-refractivity contribution in [3.63, 3.8) is 0 Å². The van der Waals surface area contributed by atoms with Gasteiger partial charge in [-0.05, 0) is 43.2 Å². The van der Waals surface area contributed by atoms with Crippen molar-refractivity contribution in [2.75, 3.05) is 38.6 Å². The highest BCUT2D eigenvalue weighted by atomic mass is 35.5. The fraction of sp³-hybridized carbons (Fsp3) is 0.367. The van der Waals surface area contributed by atoms with E-state index in [4.69, 9.17) is 26.2 Å². The summed E-state index contributed by atoms with van der Waals surface area (Å²) in [5, 5.41) is 16.1. The van der Waals surface area contributed by atoms with Crippen molar-refractivity contribution in [2.45, 2.75) is 25.1 Å². The van der Waals surface area contributed by atoms with Crippen LogP contribution >= 0.6 is 11.6 Å². The smallest absolute Gasteiger partial charge is 0.490 e. The summed E-state index contributed by atoms with van der Waals surface area (Å²) >= 11 is 6.43. The van der Waals surface area contributed by atoms with Crippen LogP contribution < -0.4 is 20.7 Å². The molecule has 0 aliphatic carbocycles. The number of carboxylic acid groups (broad SMARTS) is 1. The summed E-state index contributed by atoms with van der Waals surface area (Å²) in [6.07, 6.45) is -2.67. The zero-order valence-corrected chi connectivity index (χ0v) is 26.2. The summed E-state index contributed by atoms with van der Waals surface area (Å²) in [6.45, 7) is 2.45. The Hall–Kier alpha value is -4.77. The van der Waals surface area contributed by atoms with Crippen LogP contribution in [0.4, 0.5) is 27.6 Å². The van der Waals surface area contributed by atoms with Crippen molar-refractivity contribution < 1.29 is 51.0 Å². The predicted octanol–water partition coefficient (Wildman–Crippen LogP) is 3.85. The summed E-state index contributed by atoms with van der Waals surface area (Å²) in [7, 11) is 2.74. The summed E-state index contributed by atoms with van der Waals surface area (Å²) in [6, 6.07) is 7.35. The van der Waals surface area contributed by atoms with Crippen LogP contribution in [0, 0.1) is 17.6 Å². The fourth-order valence-electron chi connectivity index (χ4n) is 4.94. The summed E-state index contributed by atoms with van der Waals surface area (Å²) < 4.78 is 66.7. The molecule has 4 N–H and O–H groups in total. The molecular weight excluding hydrogens is 671 g/mol. The molecule has 3 amide bonds. The Kier molecular flexibility index (Phi) is 11.3. The molecule has 2 aliphatic rings. The van der Waals surface area contributed by atoms with Gasteiger partial charge in [-0.2, -0.15) is 17.6 Å². The van der Waals surface area contributed by atoms with E-state index in [9.17, 15) is 36.3 Å². The molecule has 0 radical (unpaired) electrons. The summed E-state index contributed by atoms with van der Waals surface area (Å²) in [5.41, 5.74) is 0.714. The number of amides is 3. The maximum absolute atomic E-state index is 14.6. The number of rotatable bonds is 7. The molecule has 258 valence electrons. The number of nitrogens with zero attached hydrogens (tertiary/aromatic N) is 3. The van der Waals surface area contributed by atoms with Crippen LogP contribution in [0.1, 0.15) is 33.8 Å². The van der Waals surface area contributed by atoms with Gasteiger partial charge in [0.1, 0.15) is 0 Å². The lowest BCUT2D eigenvalue weighted by atomic mass is 9.94. The van der Waals surface area contributed by atoms with Crippen molar-refractivity contribution in [3.8, 4) is 17.0 Å². The van der Waals surface area contributed by atoms with Crippen LogP contribution in [0.5, 0.6) is 5.75 Å². The maximum atomic E-state index is 14.6. The number of nitrogens with one attached hydrogen (secondary N) is 3. The first-order valence-electron chi connectivity index (χ1n) is 14.4. The minimum Gasteiger partial charge on any atom is -0.494 e. The van der Waals surface area contributed by atoms with E-state index in [0.29, 0.717) is 31.6 Å². The molecule has 0 saturated carbocycles. The fourth-order valence-corrected chi connectivity index (χ4v) is 5.20. The molecule has 3 aromatic rings. The first-order chi connectivity index (χ1) is 22.6. The van der Waals surface area contributed by atoms with Crippen LogP contribution in [0.2, 0.25) is 5.02 Å². The quantitative estimate of drug-likeness (QED) is 0.271. The number of carboxylic acids is 1. The molecule has 0 unspecified atom stereocenters. The molecule has 0 bridgehead atoms. The molecule has 0 spiro atoms. The average Bonchev–Trinajstić information content (AvgIpc) is 3.40. The maximum Gasteiger partial charge on any atom is 0.490 e. The second kappa shape index (κ2) is 15.0. The van der Waals surface area contributed by atoms with Crippen molar-refractivity contribution in [2.24, 2.45) is 13.0 Å². The number of imidazole rings is 1. The molecule has 2 saturated heterocycles. The number of aliphatic carboxylic acids is 1. The van der Waals surface area contributed by atoms with Gasteiger partial charge in [-0.15, -0.1) is 0 Å². The van der Waals surface area contributed by atoms with E-state index in [1.165, 1.54) is 49.2 Å². The Morgan fingerprint density at radius 3 is 2.25 bits per heavy atom. The molecule has 2 aromatic carbocycles. The van der Waals surface area contributed by atoms with E-state index in [0.717, 1.165) is 13.1 Å². The van der Waals surface area contributed by atoms with Crippen LogP contribution in [0.15, 0.2) is 36.5 Å². The van der Waals surface area contributed by atoms with Gasteiger partial charge in [0.15, 0.2) is 17.4 Å². The number of carbonyl (C=O) groups is 4. The molecule has 2 fully saturated rings. The van der Waals surface area contributed by atoms with Gasteiger partial charge in [-0.3, -0.25) is 14.4 Å². The SMILES string of the molecule is COc1ccc(-c2cnc(C(=O)Nc3ccc(C(=O)N4CCC(C(=O)NC5CNC5)CC4)c(Cl)c3)n2C)c(F)c1F.O=C(O)C(F)(F)F. The number of hydrogen-bond donors (Lipinski definition) is 4. The topological polar surface area (TPSA) is 155 Å². The van der Waals surface area contributed by atoms with Crippen molar-refractivity contribution in [3.05, 3.63) is 64.6 Å². The first-order valence-corrected chi connectivity index (χ1v) is 14.8. The normalized spacial score (nSPS) is 15.1. The Balaban J connectivity index is 0.000000671. The Bertz CT molecular complexity index is 1710. The minimum absolute atomic E-state index is 0.0304. The van der Waals surface area contributed by atoms with E-state index in [2.05, 4.69) is 20.9 Å². The second-order valence-corrected chi connectivity index (χ2v) is 11.3. The third-order valence-corrected chi connectivity index (χ3v) is 8.03. The third-order valence-electron chi connectivity index (χ3n) is 7.71. The predicted molar refractivity (Wildman–Crippen MR) is 162 cm³/mol. The van der Waals surface area contributed by atoms with Gasteiger partial charge >= 0.3 is 12.1 Å². The highest BCUT2D eigenvalue weighted by Gasteiger charge is 2.38. The number of methoxy groups -OCH3 is 1. The highest BCUT2D eigenvalue weighted by molar-refractivity contribution is 6.34. The standard InChI is InChI=1S/C28H29ClF2N6O4.C2HF3O2/c1-36-21(19-5-6-22(41-2)24(31)23(19)30)14-33-25(36)27(39)34-16-3-4-18(20(29)11-16)28(40)37-9-7-15(8-10-37)26(38)35-17-12-32-13-17;3-2(4,5)1(6)7/h3-6,11,14-15,17,32H,7-10,12-13H2,1-2H3,(H,34,39)(H,35,38);(H,6,7). The molecule has 3 heterocycles. The van der Waals surface area contributed by atoms with Gasteiger partial charge in [0.25, 0.3) is 11.8 Å². The first kappa shape index (κ1) is 36.1. The lowest BCUT2D eigenvalue weighted by Crippen LogP contribution is -2.58. The van der Waals surface area contributed by atoms with Crippen molar-refractivity contribution in [1.82, 2.24) is 25.1 Å². The molecular formula is C30H30ClF5N6O6. The monoisotopic (exact) mass is 700 g/mol. The zero-order chi connectivity index (χ0) is 35.3. The molecule has 12 nitrogen and oxygen atoms in total. The second-order valence-electron chi connectivity index (χ2n) is 10.9. The largest absolute Gasteiger partial charge is 0.494 e. The number of alkyl halides is 3. The van der Waals surface area contributed by atoms with Gasteiger partial charge in [-0.1, -0.05) is 11.6 Å². The number of halogens is 6. The van der Waals surface area contributed by atoms with E-state index in [1.807, 2.05) is 0 Å². The van der Waals surface area contributed by atoms with Crippen molar-refractivity contribution >= 4 is 41.0 Å². The summed E-state index contributed by atoms with van der Waals surface area (Å²) in [4.78, 5) is 53.2. The third kappa shape index (κ3) is 8.20. The van der Waals surface area contributed by atoms with Crippen molar-refractivity contribution in [1.29, 1.82) is 0 Å². The van der Waals surface area contributed by atoms with E-state index < -0.39 is 29.7 Å². The van der Waals surface area contributed by atoms with E-state index in [-0.39, 0.29) is 57.2 Å². The van der Waals surface area contributed by atoms with E-state index in [1.54, 1.807) is 11.0 Å². The molecule has 18 heteroatoms. The zero-order valence-electron chi connectivity index (χ0n) is 25.5. The van der Waals surface area contributed by atoms with Crippen LogP contribution in [-0.2, 0) is 16.6 Å². The minimum atomic E-state index is -5.08. The Morgan fingerprint density at radius 2 is 1.71 bits per heavy atom. The summed E-state index contributed by atoms with van der Waals surface area (Å²) in [5.74, 6) is -6.26. The average molecular weight is 701 g/mol. The van der Waals surface area contributed by atoms with Gasteiger partial charge < -0.3 is 35.3 Å². The number of ether oxygens (including phenoxy) is 1. The number of carbonyl (C=O) groups excluding carboxylic acids is 3. The van der Waals surface area contributed by atoms with Crippen LogP contribution in [0.25, 0.3) is 11.3 Å². The van der Waals surface area contributed by atoms with Gasteiger partial charge in [0.2, 0.25) is 11.7 Å². The van der Waals surface area contributed by atoms with Gasteiger partial charge in [-0.25, -0.2) is 14.2 Å². The number of likely N-dealkylation sites (tertiary alicyclic amines) is 1. The Labute approximate surface area is 275 Å². The van der Waals surface area contributed by atoms with Gasteiger partial charge in [0.05, 0.1) is 35.6 Å². The molecule has 2 aliphatic heterocycles. The van der Waals surface area contributed by atoms with Crippen LogP contribution in [0.3, 0.4) is 0 Å². The molecule has 1 aromatic heterocycles. The number of aromatic nitrogens is 2. The number of piperidine rings is 1. The Morgan fingerprint density at radius 1 is 1.06 bits per heavy atom. The number of hydrogen-bond acceptors (Lipinski definition) is 7. The van der Waals surface area contributed by atoms with Crippen LogP contribution in [-0.4, -0.2) is 88.8 Å². The number of anilines is 1. The highest BCUT2D eigenvalue weighted by Crippen LogP contribution is 2.30. The van der Waals surface area contributed by atoms with E-state index >= 15 is 0 Å². The number of benzene rings is 2. The lowest BCUT2D eigenvalue weighted by Gasteiger charge is -2.34. The lowest BCUT2D eigenvalue weighted by molar-refractivity contribution is -0.192. The molecule has 5 rings (SSSR count). The molecule has 48 heavy (non-hydrogen) atoms.